The van der Waals surface area contributed by atoms with Crippen molar-refractivity contribution in [3.63, 3.8) is 0 Å². The number of aryl methyl sites for hydroxylation is 4. The Balaban J connectivity index is 1.58. The Morgan fingerprint density at radius 2 is 1.88 bits per heavy atom. The molecule has 1 aliphatic rings. The highest BCUT2D eigenvalue weighted by atomic mass is 16.2. The molecule has 1 N–H and O–H groups in total. The van der Waals surface area contributed by atoms with Gasteiger partial charge in [0.1, 0.15) is 11.6 Å². The molecule has 0 unspecified atom stereocenters. The molecule has 9 heteroatoms. The van der Waals surface area contributed by atoms with Crippen molar-refractivity contribution in [1.29, 1.82) is 0 Å². The van der Waals surface area contributed by atoms with Crippen LogP contribution in [0.3, 0.4) is 0 Å². The van der Waals surface area contributed by atoms with E-state index in [1.54, 1.807) is 23.0 Å². The van der Waals surface area contributed by atoms with Crippen LogP contribution in [0.1, 0.15) is 53.9 Å². The zero-order chi connectivity index (χ0) is 22.7. The number of likely N-dealkylation sites (tertiary alicyclic amines) is 1. The Bertz CT molecular complexity index is 1130. The minimum absolute atomic E-state index is 0.0284. The minimum atomic E-state index is -0.102. The van der Waals surface area contributed by atoms with Crippen molar-refractivity contribution in [2.45, 2.75) is 46.1 Å². The maximum Gasteiger partial charge on any atom is 0.247 e. The number of anilines is 2. The average Bonchev–Trinajstić information content (AvgIpc) is 3.15. The van der Waals surface area contributed by atoms with Crippen LogP contribution in [0.25, 0.3) is 6.08 Å². The van der Waals surface area contributed by atoms with E-state index in [4.69, 9.17) is 0 Å². The number of hydrogen-bond acceptors (Lipinski definition) is 7. The summed E-state index contributed by atoms with van der Waals surface area (Å²) in [5.74, 6) is 1.74. The molecular formula is C23H28N8O. The predicted molar refractivity (Wildman–Crippen MR) is 122 cm³/mol. The molecule has 0 aliphatic carbocycles. The van der Waals surface area contributed by atoms with E-state index in [0.717, 1.165) is 42.0 Å². The molecule has 0 bridgehead atoms. The Labute approximate surface area is 187 Å². The van der Waals surface area contributed by atoms with Gasteiger partial charge in [-0.25, -0.2) is 19.9 Å². The molecule has 3 aromatic heterocycles. The van der Waals surface area contributed by atoms with Crippen LogP contribution in [0.5, 0.6) is 0 Å². The molecule has 32 heavy (non-hydrogen) atoms. The number of hydrogen-bond donors (Lipinski definition) is 1. The summed E-state index contributed by atoms with van der Waals surface area (Å²) in [5.41, 5.74) is 3.47. The monoisotopic (exact) mass is 432 g/mol. The molecule has 1 saturated heterocycles. The summed E-state index contributed by atoms with van der Waals surface area (Å²) in [7, 11) is 1.85. The maximum absolute atomic E-state index is 13.1. The zero-order valence-corrected chi connectivity index (χ0v) is 18.9. The van der Waals surface area contributed by atoms with Crippen molar-refractivity contribution in [3.8, 4) is 0 Å². The van der Waals surface area contributed by atoms with E-state index < -0.39 is 0 Å². The van der Waals surface area contributed by atoms with Crippen LogP contribution < -0.4 is 5.32 Å². The van der Waals surface area contributed by atoms with Gasteiger partial charge in [-0.1, -0.05) is 0 Å². The SMILES string of the molecule is Cc1cc(C)nc(Nc2cc([C@@H]3CCCCN3C(=O)/C=C/c3ccnn3C)nc(C)n2)n1. The first-order chi connectivity index (χ1) is 15.4. The summed E-state index contributed by atoms with van der Waals surface area (Å²) < 4.78 is 1.73. The molecular weight excluding hydrogens is 404 g/mol. The lowest BCUT2D eigenvalue weighted by atomic mass is 9.98. The second kappa shape index (κ2) is 9.25. The Kier molecular flexibility index (Phi) is 6.25. The molecule has 0 spiro atoms. The highest BCUT2D eigenvalue weighted by molar-refractivity contribution is 5.91. The highest BCUT2D eigenvalue weighted by Gasteiger charge is 2.28. The molecule has 1 atom stereocenters. The van der Waals surface area contributed by atoms with Gasteiger partial charge in [-0.05, 0) is 58.2 Å². The summed E-state index contributed by atoms with van der Waals surface area (Å²) in [6.07, 6.45) is 8.02. The highest BCUT2D eigenvalue weighted by Crippen LogP contribution is 2.31. The van der Waals surface area contributed by atoms with Gasteiger partial charge in [-0.15, -0.1) is 0 Å². The summed E-state index contributed by atoms with van der Waals surface area (Å²) in [6.45, 7) is 6.42. The van der Waals surface area contributed by atoms with Crippen LogP contribution in [0.2, 0.25) is 0 Å². The molecule has 1 fully saturated rings. The van der Waals surface area contributed by atoms with Gasteiger partial charge in [0.25, 0.3) is 0 Å². The van der Waals surface area contributed by atoms with Gasteiger partial charge >= 0.3 is 0 Å². The Morgan fingerprint density at radius 3 is 2.59 bits per heavy atom. The van der Waals surface area contributed by atoms with Crippen LogP contribution in [0.15, 0.2) is 30.5 Å². The summed E-state index contributed by atoms with van der Waals surface area (Å²) >= 11 is 0. The summed E-state index contributed by atoms with van der Waals surface area (Å²) in [5, 5.41) is 7.34. The molecule has 0 radical (unpaired) electrons. The van der Waals surface area contributed by atoms with E-state index in [1.807, 2.05) is 50.9 Å². The van der Waals surface area contributed by atoms with E-state index in [2.05, 4.69) is 30.4 Å². The van der Waals surface area contributed by atoms with Crippen LogP contribution in [-0.4, -0.2) is 47.1 Å². The Hall–Kier alpha value is -3.62. The summed E-state index contributed by atoms with van der Waals surface area (Å²) in [6, 6.07) is 5.59. The lowest BCUT2D eigenvalue weighted by Crippen LogP contribution is -2.38. The maximum atomic E-state index is 13.1. The van der Waals surface area contributed by atoms with Gasteiger partial charge in [0.15, 0.2) is 0 Å². The largest absolute Gasteiger partial charge is 0.331 e. The van der Waals surface area contributed by atoms with Gasteiger partial charge in [0.05, 0.1) is 17.4 Å². The van der Waals surface area contributed by atoms with Crippen LogP contribution in [-0.2, 0) is 11.8 Å². The lowest BCUT2D eigenvalue weighted by molar-refractivity contribution is -0.129. The van der Waals surface area contributed by atoms with Crippen LogP contribution in [0, 0.1) is 20.8 Å². The fourth-order valence-electron chi connectivity index (χ4n) is 4.02. The third-order valence-corrected chi connectivity index (χ3v) is 5.46. The van der Waals surface area contributed by atoms with E-state index in [-0.39, 0.29) is 11.9 Å². The van der Waals surface area contributed by atoms with Crippen molar-refractivity contribution in [1.82, 2.24) is 34.6 Å². The van der Waals surface area contributed by atoms with E-state index in [1.165, 1.54) is 0 Å². The first-order valence-corrected chi connectivity index (χ1v) is 10.8. The fourth-order valence-corrected chi connectivity index (χ4v) is 4.02. The number of amides is 1. The zero-order valence-electron chi connectivity index (χ0n) is 18.9. The normalized spacial score (nSPS) is 16.5. The molecule has 166 valence electrons. The number of piperidine rings is 1. The first-order valence-electron chi connectivity index (χ1n) is 10.8. The second-order valence-electron chi connectivity index (χ2n) is 8.08. The number of carbonyl (C=O) groups is 1. The molecule has 3 aromatic rings. The standard InChI is InChI=1S/C23H28N8O/c1-15-13-16(2)26-23(25-15)29-21-14-19(27-17(3)28-21)20-7-5-6-12-31(20)22(32)9-8-18-10-11-24-30(18)4/h8-11,13-14,20H,5-7,12H2,1-4H3,(H,25,26,27,28,29)/b9-8+/t20-/m0/s1. The van der Waals surface area contributed by atoms with Crippen LogP contribution in [0.4, 0.5) is 11.8 Å². The van der Waals surface area contributed by atoms with Gasteiger partial charge in [-0.3, -0.25) is 9.48 Å². The van der Waals surface area contributed by atoms with Crippen molar-refractivity contribution in [2.24, 2.45) is 7.05 Å². The molecule has 4 heterocycles. The predicted octanol–water partition coefficient (Wildman–Crippen LogP) is 3.44. The van der Waals surface area contributed by atoms with Gasteiger partial charge in [-0.2, -0.15) is 5.10 Å². The third kappa shape index (κ3) is 4.99. The fraction of sp³-hybridized carbons (Fsp3) is 0.391. The second-order valence-corrected chi connectivity index (χ2v) is 8.08. The summed E-state index contributed by atoms with van der Waals surface area (Å²) in [4.78, 5) is 33.0. The minimum Gasteiger partial charge on any atom is -0.331 e. The van der Waals surface area contributed by atoms with Crippen LogP contribution >= 0.6 is 0 Å². The lowest BCUT2D eigenvalue weighted by Gasteiger charge is -2.35. The van der Waals surface area contributed by atoms with E-state index >= 15 is 0 Å². The van der Waals surface area contributed by atoms with E-state index in [9.17, 15) is 4.79 Å². The van der Waals surface area contributed by atoms with Crippen molar-refractivity contribution < 1.29 is 4.79 Å². The number of rotatable bonds is 5. The number of nitrogens with one attached hydrogen (secondary N) is 1. The molecule has 0 aromatic carbocycles. The molecule has 1 amide bonds. The van der Waals surface area contributed by atoms with Crippen molar-refractivity contribution in [3.05, 3.63) is 59.1 Å². The van der Waals surface area contributed by atoms with Gasteiger partial charge < -0.3 is 10.2 Å². The van der Waals surface area contributed by atoms with Gasteiger partial charge in [0, 0.05) is 43.3 Å². The number of aromatic nitrogens is 6. The van der Waals surface area contributed by atoms with Crippen molar-refractivity contribution in [2.75, 3.05) is 11.9 Å². The smallest absolute Gasteiger partial charge is 0.247 e. The first kappa shape index (κ1) is 21.6. The quantitative estimate of drug-likeness (QED) is 0.616. The molecule has 1 aliphatic heterocycles. The molecule has 9 nitrogen and oxygen atoms in total. The average molecular weight is 433 g/mol. The topological polar surface area (TPSA) is 102 Å². The Morgan fingerprint density at radius 1 is 1.09 bits per heavy atom. The number of nitrogens with zero attached hydrogens (tertiary/aromatic N) is 7. The molecule has 0 saturated carbocycles. The van der Waals surface area contributed by atoms with E-state index in [0.29, 0.717) is 24.1 Å². The molecule has 4 rings (SSSR count). The third-order valence-electron chi connectivity index (χ3n) is 5.46. The van der Waals surface area contributed by atoms with Gasteiger partial charge in [0.2, 0.25) is 11.9 Å². The van der Waals surface area contributed by atoms with Crippen molar-refractivity contribution >= 4 is 23.7 Å². The number of carbonyl (C=O) groups excluding carboxylic acids is 1.